The van der Waals surface area contributed by atoms with Crippen LogP contribution < -0.4 is 0 Å². The molecular formula is C24H20ClFN2. The summed E-state index contributed by atoms with van der Waals surface area (Å²) >= 11 is 6.28. The van der Waals surface area contributed by atoms with E-state index in [4.69, 9.17) is 16.7 Å². The fraction of sp³-hybridized carbons (Fsp3) is 0.125. The van der Waals surface area contributed by atoms with Crippen molar-refractivity contribution in [3.8, 4) is 22.5 Å². The van der Waals surface area contributed by atoms with Crippen molar-refractivity contribution >= 4 is 11.6 Å². The Bertz CT molecular complexity index is 1130. The molecule has 0 aliphatic rings. The lowest BCUT2D eigenvalue weighted by atomic mass is 10.0. The van der Waals surface area contributed by atoms with Crippen LogP contribution in [-0.4, -0.2) is 9.78 Å². The molecule has 0 bridgehead atoms. The highest BCUT2D eigenvalue weighted by molar-refractivity contribution is 6.31. The van der Waals surface area contributed by atoms with Gasteiger partial charge in [-0.2, -0.15) is 5.10 Å². The van der Waals surface area contributed by atoms with Crippen LogP contribution in [-0.2, 0) is 6.54 Å². The molecule has 0 aliphatic carbocycles. The first kappa shape index (κ1) is 18.5. The van der Waals surface area contributed by atoms with E-state index in [0.717, 1.165) is 33.6 Å². The molecular weight excluding hydrogens is 371 g/mol. The molecule has 0 aliphatic heterocycles. The summed E-state index contributed by atoms with van der Waals surface area (Å²) in [5.74, 6) is -0.323. The summed E-state index contributed by atoms with van der Waals surface area (Å²) in [5, 5.41) is 5.23. The quantitative estimate of drug-likeness (QED) is 0.380. The van der Waals surface area contributed by atoms with Crippen LogP contribution in [0.2, 0.25) is 5.02 Å². The molecule has 3 aromatic carbocycles. The van der Waals surface area contributed by atoms with Gasteiger partial charge in [0.25, 0.3) is 0 Å². The first-order valence-electron chi connectivity index (χ1n) is 9.17. The van der Waals surface area contributed by atoms with Gasteiger partial charge in [-0.05, 0) is 43.2 Å². The fourth-order valence-corrected chi connectivity index (χ4v) is 3.66. The van der Waals surface area contributed by atoms with Crippen molar-refractivity contribution in [1.29, 1.82) is 0 Å². The summed E-state index contributed by atoms with van der Waals surface area (Å²) in [6, 6.07) is 23.1. The van der Waals surface area contributed by atoms with Crippen LogP contribution in [0.4, 0.5) is 4.39 Å². The van der Waals surface area contributed by atoms with E-state index < -0.39 is 0 Å². The number of halogens is 2. The lowest BCUT2D eigenvalue weighted by Crippen LogP contribution is -2.07. The van der Waals surface area contributed by atoms with Crippen LogP contribution in [0.1, 0.15) is 16.7 Å². The fourth-order valence-electron chi connectivity index (χ4n) is 3.44. The average Bonchev–Trinajstić information content (AvgIpc) is 3.09. The van der Waals surface area contributed by atoms with Crippen LogP contribution in [0.25, 0.3) is 22.5 Å². The third-order valence-corrected chi connectivity index (χ3v) is 5.35. The minimum Gasteiger partial charge on any atom is -0.260 e. The van der Waals surface area contributed by atoms with Crippen molar-refractivity contribution in [2.75, 3.05) is 0 Å². The van der Waals surface area contributed by atoms with Crippen molar-refractivity contribution in [2.45, 2.75) is 20.4 Å². The monoisotopic (exact) mass is 390 g/mol. The highest BCUT2D eigenvalue weighted by atomic mass is 35.5. The van der Waals surface area contributed by atoms with Gasteiger partial charge in [-0.1, -0.05) is 66.2 Å². The van der Waals surface area contributed by atoms with E-state index in [1.54, 1.807) is 12.1 Å². The van der Waals surface area contributed by atoms with E-state index in [1.807, 2.05) is 28.9 Å². The molecule has 0 radical (unpaired) electrons. The van der Waals surface area contributed by atoms with E-state index in [1.165, 1.54) is 6.07 Å². The molecule has 0 spiro atoms. The van der Waals surface area contributed by atoms with Crippen LogP contribution in [0.3, 0.4) is 0 Å². The number of hydrogen-bond acceptors (Lipinski definition) is 1. The molecule has 0 saturated carbocycles. The average molecular weight is 391 g/mol. The molecule has 0 amide bonds. The van der Waals surface area contributed by atoms with Gasteiger partial charge in [-0.25, -0.2) is 4.39 Å². The SMILES string of the molecule is Cc1ccccc1-c1cc(-c2ccccc2C)n(Cc2c(F)cccc2Cl)n1. The van der Waals surface area contributed by atoms with Crippen LogP contribution >= 0.6 is 11.6 Å². The van der Waals surface area contributed by atoms with Crippen molar-refractivity contribution in [3.63, 3.8) is 0 Å². The van der Waals surface area contributed by atoms with Crippen LogP contribution in [0.5, 0.6) is 0 Å². The Morgan fingerprint density at radius 3 is 2.14 bits per heavy atom. The van der Waals surface area contributed by atoms with Crippen molar-refractivity contribution in [2.24, 2.45) is 0 Å². The predicted octanol–water partition coefficient (Wildman–Crippen LogP) is 6.67. The Balaban J connectivity index is 1.89. The Morgan fingerprint density at radius 1 is 0.857 bits per heavy atom. The zero-order valence-electron chi connectivity index (χ0n) is 15.8. The molecule has 28 heavy (non-hydrogen) atoms. The van der Waals surface area contributed by atoms with Gasteiger partial charge in [-0.15, -0.1) is 0 Å². The molecule has 0 saturated heterocycles. The summed E-state index contributed by atoms with van der Waals surface area (Å²) in [7, 11) is 0. The van der Waals surface area contributed by atoms with Gasteiger partial charge < -0.3 is 0 Å². The normalized spacial score (nSPS) is 11.0. The second-order valence-corrected chi connectivity index (χ2v) is 7.31. The maximum absolute atomic E-state index is 14.4. The van der Waals surface area contributed by atoms with Gasteiger partial charge in [0.2, 0.25) is 0 Å². The summed E-state index contributed by atoms with van der Waals surface area (Å²) in [6.45, 7) is 4.40. The second-order valence-electron chi connectivity index (χ2n) is 6.90. The minimum atomic E-state index is -0.323. The number of hydrogen-bond donors (Lipinski definition) is 0. The third-order valence-electron chi connectivity index (χ3n) is 4.99. The van der Waals surface area contributed by atoms with Crippen LogP contribution in [0, 0.1) is 19.7 Å². The summed E-state index contributed by atoms with van der Waals surface area (Å²) in [6.07, 6.45) is 0. The topological polar surface area (TPSA) is 17.8 Å². The Kier molecular flexibility index (Phi) is 5.01. The Labute approximate surface area is 169 Å². The van der Waals surface area contributed by atoms with Gasteiger partial charge in [-0.3, -0.25) is 4.68 Å². The zero-order chi connectivity index (χ0) is 19.7. The lowest BCUT2D eigenvalue weighted by Gasteiger charge is -2.11. The van der Waals surface area contributed by atoms with Gasteiger partial charge >= 0.3 is 0 Å². The van der Waals surface area contributed by atoms with E-state index in [9.17, 15) is 4.39 Å². The molecule has 1 heterocycles. The largest absolute Gasteiger partial charge is 0.260 e. The van der Waals surface area contributed by atoms with Gasteiger partial charge in [0.15, 0.2) is 0 Å². The molecule has 0 unspecified atom stereocenters. The molecule has 1 aromatic heterocycles. The maximum atomic E-state index is 14.4. The number of rotatable bonds is 4. The van der Waals surface area contributed by atoms with Crippen molar-refractivity contribution in [3.05, 3.63) is 100 Å². The Hall–Kier alpha value is -2.91. The first-order valence-corrected chi connectivity index (χ1v) is 9.55. The molecule has 0 fully saturated rings. The van der Waals surface area contributed by atoms with Gasteiger partial charge in [0.1, 0.15) is 5.82 Å². The van der Waals surface area contributed by atoms with Gasteiger partial charge in [0.05, 0.1) is 17.9 Å². The summed E-state index contributed by atoms with van der Waals surface area (Å²) in [4.78, 5) is 0. The van der Waals surface area contributed by atoms with Crippen LogP contribution in [0.15, 0.2) is 72.8 Å². The number of benzene rings is 3. The number of aromatic nitrogens is 2. The summed E-state index contributed by atoms with van der Waals surface area (Å²) < 4.78 is 16.3. The highest BCUT2D eigenvalue weighted by Crippen LogP contribution is 2.31. The van der Waals surface area contributed by atoms with E-state index in [0.29, 0.717) is 10.6 Å². The summed E-state index contributed by atoms with van der Waals surface area (Å²) in [5.41, 5.74) is 6.67. The maximum Gasteiger partial charge on any atom is 0.129 e. The van der Waals surface area contributed by atoms with Crippen molar-refractivity contribution in [1.82, 2.24) is 9.78 Å². The van der Waals surface area contributed by atoms with E-state index >= 15 is 0 Å². The predicted molar refractivity (Wildman–Crippen MR) is 113 cm³/mol. The second kappa shape index (κ2) is 7.61. The number of nitrogens with zero attached hydrogens (tertiary/aromatic N) is 2. The molecule has 4 heteroatoms. The smallest absolute Gasteiger partial charge is 0.129 e. The molecule has 4 aromatic rings. The first-order chi connectivity index (χ1) is 13.5. The van der Waals surface area contributed by atoms with Gasteiger partial charge in [0, 0.05) is 21.7 Å². The molecule has 0 atom stereocenters. The standard InChI is InChI=1S/C24H20ClFN2/c1-16-8-3-5-10-18(16)23-14-24(19-11-6-4-9-17(19)2)28(27-23)15-20-21(25)12-7-13-22(20)26/h3-14H,15H2,1-2H3. The lowest BCUT2D eigenvalue weighted by molar-refractivity contribution is 0.587. The van der Waals surface area contributed by atoms with Crippen molar-refractivity contribution < 1.29 is 4.39 Å². The Morgan fingerprint density at radius 2 is 1.50 bits per heavy atom. The van der Waals surface area contributed by atoms with E-state index in [2.05, 4.69) is 44.2 Å². The molecule has 0 N–H and O–H groups in total. The molecule has 140 valence electrons. The highest BCUT2D eigenvalue weighted by Gasteiger charge is 2.17. The van der Waals surface area contributed by atoms with E-state index in [-0.39, 0.29) is 12.4 Å². The third kappa shape index (κ3) is 3.46. The molecule has 4 rings (SSSR count). The molecule has 2 nitrogen and oxygen atoms in total. The number of aryl methyl sites for hydroxylation is 2. The zero-order valence-corrected chi connectivity index (χ0v) is 16.5. The minimum absolute atomic E-state index is 0.265.